The molecule has 1 aliphatic heterocycles. The maximum Gasteiger partial charge on any atom is 0.310 e. The Morgan fingerprint density at radius 2 is 1.92 bits per heavy atom. The zero-order chi connectivity index (χ0) is 19.3. The van der Waals surface area contributed by atoms with Crippen molar-refractivity contribution in [1.82, 2.24) is 15.1 Å². The third-order valence-electron chi connectivity index (χ3n) is 4.69. The van der Waals surface area contributed by atoms with E-state index in [0.29, 0.717) is 18.7 Å². The van der Waals surface area contributed by atoms with Crippen LogP contribution >= 0.6 is 0 Å². The molecular weight excluding hydrogens is 332 g/mol. The van der Waals surface area contributed by atoms with Crippen LogP contribution < -0.4 is 5.32 Å². The van der Waals surface area contributed by atoms with Crippen LogP contribution in [0.5, 0.6) is 0 Å². The van der Waals surface area contributed by atoms with E-state index < -0.39 is 0 Å². The van der Waals surface area contributed by atoms with Crippen LogP contribution in [-0.4, -0.2) is 69.0 Å². The largest absolute Gasteiger partial charge is 0.469 e. The molecule has 0 aliphatic carbocycles. The lowest BCUT2D eigenvalue weighted by Gasteiger charge is -2.21. The number of hydrogen-bond acceptors (Lipinski definition) is 4. The van der Waals surface area contributed by atoms with Crippen LogP contribution in [0.4, 0.5) is 0 Å². The molecule has 2 unspecified atom stereocenters. The van der Waals surface area contributed by atoms with E-state index >= 15 is 0 Å². The predicted molar refractivity (Wildman–Crippen MR) is 101 cm³/mol. The van der Waals surface area contributed by atoms with Gasteiger partial charge in [0.25, 0.3) is 5.91 Å². The Morgan fingerprint density at radius 3 is 2.46 bits per heavy atom. The molecule has 1 aromatic carbocycles. The molecule has 0 saturated carbocycles. The predicted octanol–water partition coefficient (Wildman–Crippen LogP) is 1.20. The van der Waals surface area contributed by atoms with Crippen molar-refractivity contribution in [2.24, 2.45) is 16.8 Å². The monoisotopic (exact) mass is 360 g/mol. The maximum atomic E-state index is 11.9. The number of likely N-dealkylation sites (tertiary alicyclic amines) is 1. The van der Waals surface area contributed by atoms with Crippen molar-refractivity contribution < 1.29 is 14.3 Å². The van der Waals surface area contributed by atoms with Gasteiger partial charge in [-0.15, -0.1) is 0 Å². The summed E-state index contributed by atoms with van der Waals surface area (Å²) in [5.41, 5.74) is 1.72. The topological polar surface area (TPSA) is 74.2 Å². The summed E-state index contributed by atoms with van der Waals surface area (Å²) >= 11 is 0. The number of amides is 1. The third-order valence-corrected chi connectivity index (χ3v) is 4.69. The Morgan fingerprint density at radius 1 is 1.27 bits per heavy atom. The molecule has 0 spiro atoms. The minimum absolute atomic E-state index is 0.0137. The molecule has 2 rings (SSSR count). The maximum absolute atomic E-state index is 11.9. The van der Waals surface area contributed by atoms with E-state index in [1.165, 1.54) is 7.11 Å². The van der Waals surface area contributed by atoms with Gasteiger partial charge in [0.2, 0.25) is 0 Å². The number of benzene rings is 1. The van der Waals surface area contributed by atoms with Gasteiger partial charge in [-0.05, 0) is 23.6 Å². The number of nitrogens with one attached hydrogen (secondary N) is 1. The standard InChI is InChI=1S/C19H28N4O3/c1-13-11-23(12-16(13)18(25)26-5)19(20-2)21-10-14-6-8-15(9-7-14)17(24)22(3)4/h6-9,13,16H,10-12H2,1-5H3,(H,20,21). The minimum atomic E-state index is -0.170. The van der Waals surface area contributed by atoms with Crippen molar-refractivity contribution in [3.05, 3.63) is 35.4 Å². The highest BCUT2D eigenvalue weighted by molar-refractivity contribution is 5.93. The Balaban J connectivity index is 1.95. The normalized spacial score (nSPS) is 20.0. The van der Waals surface area contributed by atoms with Crippen LogP contribution in [0.1, 0.15) is 22.8 Å². The Labute approximate surface area is 155 Å². The van der Waals surface area contributed by atoms with E-state index in [1.54, 1.807) is 26.0 Å². The molecule has 0 radical (unpaired) electrons. The van der Waals surface area contributed by atoms with Crippen molar-refractivity contribution in [2.45, 2.75) is 13.5 Å². The average molecular weight is 360 g/mol. The number of carbonyl (C=O) groups excluding carboxylic acids is 2. The molecule has 1 N–H and O–H groups in total. The van der Waals surface area contributed by atoms with Crippen LogP contribution in [0, 0.1) is 11.8 Å². The summed E-state index contributed by atoms with van der Waals surface area (Å²) in [5, 5.41) is 3.33. The smallest absolute Gasteiger partial charge is 0.310 e. The SMILES string of the molecule is CN=C(NCc1ccc(C(=O)N(C)C)cc1)N1CC(C)C(C(=O)OC)C1. The van der Waals surface area contributed by atoms with Crippen LogP contribution in [0.15, 0.2) is 29.3 Å². The van der Waals surface area contributed by atoms with E-state index in [2.05, 4.69) is 22.1 Å². The summed E-state index contributed by atoms with van der Waals surface area (Å²) < 4.78 is 4.89. The number of carbonyl (C=O) groups is 2. The molecule has 0 aromatic heterocycles. The second kappa shape index (κ2) is 8.69. The number of guanidine groups is 1. The number of nitrogens with zero attached hydrogens (tertiary/aromatic N) is 3. The Hall–Kier alpha value is -2.57. The third kappa shape index (κ3) is 4.53. The van der Waals surface area contributed by atoms with Gasteiger partial charge in [0.1, 0.15) is 0 Å². The average Bonchev–Trinajstić information content (AvgIpc) is 3.03. The molecule has 0 bridgehead atoms. The Kier molecular flexibility index (Phi) is 6.60. The summed E-state index contributed by atoms with van der Waals surface area (Å²) in [5.74, 6) is 0.667. The quantitative estimate of drug-likeness (QED) is 0.496. The van der Waals surface area contributed by atoms with Crippen molar-refractivity contribution >= 4 is 17.8 Å². The van der Waals surface area contributed by atoms with Crippen molar-refractivity contribution in [3.8, 4) is 0 Å². The summed E-state index contributed by atoms with van der Waals surface area (Å²) in [6.45, 7) is 4.01. The van der Waals surface area contributed by atoms with Gasteiger partial charge in [0.05, 0.1) is 13.0 Å². The highest BCUT2D eigenvalue weighted by atomic mass is 16.5. The molecule has 7 nitrogen and oxygen atoms in total. The lowest BCUT2D eigenvalue weighted by molar-refractivity contribution is -0.145. The molecule has 1 fully saturated rings. The van der Waals surface area contributed by atoms with Gasteiger partial charge in [0.15, 0.2) is 5.96 Å². The van der Waals surface area contributed by atoms with Crippen LogP contribution in [0.25, 0.3) is 0 Å². The van der Waals surface area contributed by atoms with Gasteiger partial charge in [-0.1, -0.05) is 19.1 Å². The molecule has 142 valence electrons. The molecular formula is C19H28N4O3. The molecule has 26 heavy (non-hydrogen) atoms. The lowest BCUT2D eigenvalue weighted by atomic mass is 9.99. The summed E-state index contributed by atoms with van der Waals surface area (Å²) in [7, 11) is 6.63. The van der Waals surface area contributed by atoms with E-state index in [0.717, 1.165) is 18.1 Å². The van der Waals surface area contributed by atoms with Gasteiger partial charge < -0.3 is 19.9 Å². The molecule has 1 aromatic rings. The first kappa shape index (κ1) is 19.8. The van der Waals surface area contributed by atoms with Crippen molar-refractivity contribution in [2.75, 3.05) is 41.3 Å². The molecule has 1 saturated heterocycles. The van der Waals surface area contributed by atoms with Crippen LogP contribution in [0.2, 0.25) is 0 Å². The number of rotatable bonds is 4. The van der Waals surface area contributed by atoms with Gasteiger partial charge in [0, 0.05) is 46.3 Å². The molecule has 1 amide bonds. The summed E-state index contributed by atoms with van der Waals surface area (Å²) in [6.07, 6.45) is 0. The number of esters is 1. The Bertz CT molecular complexity index is 670. The van der Waals surface area contributed by atoms with Crippen molar-refractivity contribution in [1.29, 1.82) is 0 Å². The first-order chi connectivity index (χ1) is 12.4. The zero-order valence-corrected chi connectivity index (χ0v) is 16.2. The molecule has 7 heteroatoms. The summed E-state index contributed by atoms with van der Waals surface area (Å²) in [4.78, 5) is 31.7. The van der Waals surface area contributed by atoms with Crippen LogP contribution in [0.3, 0.4) is 0 Å². The number of aliphatic imine (C=N–C) groups is 1. The van der Waals surface area contributed by atoms with Crippen molar-refractivity contribution in [3.63, 3.8) is 0 Å². The number of hydrogen-bond donors (Lipinski definition) is 1. The number of ether oxygens (including phenoxy) is 1. The fourth-order valence-corrected chi connectivity index (χ4v) is 3.13. The summed E-state index contributed by atoms with van der Waals surface area (Å²) in [6, 6.07) is 7.52. The minimum Gasteiger partial charge on any atom is -0.469 e. The van der Waals surface area contributed by atoms with Gasteiger partial charge in [-0.2, -0.15) is 0 Å². The highest BCUT2D eigenvalue weighted by Gasteiger charge is 2.36. The first-order valence-electron chi connectivity index (χ1n) is 8.71. The highest BCUT2D eigenvalue weighted by Crippen LogP contribution is 2.24. The van der Waals surface area contributed by atoms with E-state index in [1.807, 2.05) is 24.3 Å². The van der Waals surface area contributed by atoms with E-state index in [-0.39, 0.29) is 23.7 Å². The molecule has 2 atom stereocenters. The zero-order valence-electron chi connectivity index (χ0n) is 16.2. The van der Waals surface area contributed by atoms with Gasteiger partial charge in [-0.3, -0.25) is 14.6 Å². The second-order valence-electron chi connectivity index (χ2n) is 6.81. The molecule has 1 aliphatic rings. The molecule has 1 heterocycles. The first-order valence-corrected chi connectivity index (χ1v) is 8.71. The van der Waals surface area contributed by atoms with E-state index in [4.69, 9.17) is 4.74 Å². The fourth-order valence-electron chi connectivity index (χ4n) is 3.13. The van der Waals surface area contributed by atoms with Gasteiger partial charge >= 0.3 is 5.97 Å². The van der Waals surface area contributed by atoms with Gasteiger partial charge in [-0.25, -0.2) is 0 Å². The fraction of sp³-hybridized carbons (Fsp3) is 0.526. The van der Waals surface area contributed by atoms with E-state index in [9.17, 15) is 9.59 Å². The second-order valence-corrected chi connectivity index (χ2v) is 6.81. The lowest BCUT2D eigenvalue weighted by Crippen LogP contribution is -2.40. The number of methoxy groups -OCH3 is 1. The van der Waals surface area contributed by atoms with Crippen LogP contribution in [-0.2, 0) is 16.1 Å².